The lowest BCUT2D eigenvalue weighted by atomic mass is 9.92. The third-order valence-electron chi connectivity index (χ3n) is 4.58. The van der Waals surface area contributed by atoms with Gasteiger partial charge in [-0.25, -0.2) is 0 Å². The summed E-state index contributed by atoms with van der Waals surface area (Å²) in [5, 5.41) is 24.0. The monoisotopic (exact) mass is 392 g/mol. The van der Waals surface area contributed by atoms with E-state index in [1.807, 2.05) is 19.9 Å². The number of epoxide rings is 1. The zero-order valence-electron chi connectivity index (χ0n) is 16.2. The highest BCUT2D eigenvalue weighted by Crippen LogP contribution is 2.30. The lowest BCUT2D eigenvalue weighted by Gasteiger charge is -2.24. The van der Waals surface area contributed by atoms with Crippen LogP contribution in [-0.2, 0) is 25.5 Å². The summed E-state index contributed by atoms with van der Waals surface area (Å²) >= 11 is 0. The summed E-state index contributed by atoms with van der Waals surface area (Å²) in [7, 11) is 0. The molecule has 0 radical (unpaired) electrons. The molecule has 1 saturated heterocycles. The van der Waals surface area contributed by atoms with Gasteiger partial charge in [-0.05, 0) is 17.9 Å². The van der Waals surface area contributed by atoms with Crippen molar-refractivity contribution in [3.05, 3.63) is 35.9 Å². The molecule has 1 aliphatic rings. The van der Waals surface area contributed by atoms with Crippen LogP contribution in [0.2, 0.25) is 0 Å². The van der Waals surface area contributed by atoms with Crippen LogP contribution in [0.1, 0.15) is 25.8 Å². The van der Waals surface area contributed by atoms with Crippen LogP contribution >= 0.6 is 0 Å². The van der Waals surface area contributed by atoms with Crippen LogP contribution in [0.4, 0.5) is 0 Å². The number of aliphatic hydroxyl groups excluding tert-OH is 2. The predicted molar refractivity (Wildman–Crippen MR) is 101 cm³/mol. The van der Waals surface area contributed by atoms with Gasteiger partial charge in [0.05, 0.1) is 32.3 Å². The van der Waals surface area contributed by atoms with Crippen LogP contribution < -0.4 is 10.6 Å². The molecule has 4 N–H and O–H groups in total. The van der Waals surface area contributed by atoms with Crippen molar-refractivity contribution in [2.24, 2.45) is 5.92 Å². The van der Waals surface area contributed by atoms with Crippen LogP contribution in [0.25, 0.3) is 0 Å². The van der Waals surface area contributed by atoms with Gasteiger partial charge in [0.15, 0.2) is 11.4 Å². The van der Waals surface area contributed by atoms with Crippen LogP contribution in [0.5, 0.6) is 0 Å². The van der Waals surface area contributed by atoms with Crippen molar-refractivity contribution in [3.63, 3.8) is 0 Å². The lowest BCUT2D eigenvalue weighted by molar-refractivity contribution is -0.134. The Bertz CT molecular complexity index is 687. The van der Waals surface area contributed by atoms with Gasteiger partial charge in [0.25, 0.3) is 0 Å². The van der Waals surface area contributed by atoms with Crippen molar-refractivity contribution in [2.45, 2.75) is 44.4 Å². The number of nitrogens with one attached hydrogen (secondary N) is 2. The first kappa shape index (κ1) is 22.0. The van der Waals surface area contributed by atoms with E-state index in [-0.39, 0.29) is 18.9 Å². The molecule has 0 aliphatic carbocycles. The van der Waals surface area contributed by atoms with Crippen LogP contribution in [0.15, 0.2) is 30.3 Å². The highest BCUT2D eigenvalue weighted by atomic mass is 16.6. The minimum Gasteiger partial charge on any atom is -0.394 e. The maximum Gasteiger partial charge on any atom is 0.245 e. The van der Waals surface area contributed by atoms with Gasteiger partial charge < -0.3 is 25.6 Å². The average molecular weight is 392 g/mol. The molecule has 8 nitrogen and oxygen atoms in total. The third-order valence-corrected chi connectivity index (χ3v) is 4.58. The molecular formula is C20H28N2O6. The first-order valence-electron chi connectivity index (χ1n) is 9.35. The maximum absolute atomic E-state index is 12.7. The van der Waals surface area contributed by atoms with Gasteiger partial charge in [-0.2, -0.15) is 0 Å². The molecule has 0 aromatic heterocycles. The number of benzene rings is 1. The van der Waals surface area contributed by atoms with E-state index >= 15 is 0 Å². The summed E-state index contributed by atoms with van der Waals surface area (Å²) in [5.74, 6) is -1.37. The SMILES string of the molecule is CC(C)CC(NC(=O)[C@H](CO)NC(=O)Cc1ccccc1)C(=O)C1(CO)CO1. The molecule has 3 atom stereocenters. The first-order chi connectivity index (χ1) is 13.3. The predicted octanol–water partition coefficient (Wildman–Crippen LogP) is -0.432. The Balaban J connectivity index is 1.99. The molecule has 0 spiro atoms. The average Bonchev–Trinajstić information content (AvgIpc) is 3.46. The number of carbonyl (C=O) groups is 3. The van der Waals surface area contributed by atoms with Gasteiger partial charge >= 0.3 is 0 Å². The van der Waals surface area contributed by atoms with E-state index in [1.165, 1.54) is 0 Å². The fraction of sp³-hybridized carbons (Fsp3) is 0.550. The molecule has 8 heteroatoms. The summed E-state index contributed by atoms with van der Waals surface area (Å²) in [6, 6.07) is 6.96. The fourth-order valence-corrected chi connectivity index (χ4v) is 2.91. The molecule has 1 aromatic rings. The number of ether oxygens (including phenoxy) is 1. The Morgan fingerprint density at radius 2 is 1.75 bits per heavy atom. The molecule has 0 saturated carbocycles. The summed E-state index contributed by atoms with van der Waals surface area (Å²) in [6.07, 6.45) is 0.423. The number of Topliss-reactive ketones (excluding diaryl/α,β-unsaturated/α-hetero) is 1. The van der Waals surface area contributed by atoms with E-state index in [2.05, 4.69) is 10.6 Å². The van der Waals surface area contributed by atoms with E-state index < -0.39 is 48.5 Å². The molecule has 2 unspecified atom stereocenters. The minimum atomic E-state index is -1.25. The Morgan fingerprint density at radius 1 is 1.11 bits per heavy atom. The van der Waals surface area contributed by atoms with Crippen molar-refractivity contribution in [1.29, 1.82) is 0 Å². The summed E-state index contributed by atoms with van der Waals surface area (Å²) in [5.41, 5.74) is -0.473. The Kier molecular flexibility index (Phi) is 7.68. The van der Waals surface area contributed by atoms with Gasteiger partial charge in [-0.15, -0.1) is 0 Å². The van der Waals surface area contributed by atoms with Crippen molar-refractivity contribution in [1.82, 2.24) is 10.6 Å². The summed E-state index contributed by atoms with van der Waals surface area (Å²) in [4.78, 5) is 37.4. The van der Waals surface area contributed by atoms with Crippen LogP contribution in [-0.4, -0.2) is 65.3 Å². The van der Waals surface area contributed by atoms with Gasteiger partial charge in [-0.1, -0.05) is 44.2 Å². The zero-order valence-corrected chi connectivity index (χ0v) is 16.2. The number of rotatable bonds is 11. The van der Waals surface area contributed by atoms with E-state index in [0.29, 0.717) is 6.42 Å². The highest BCUT2D eigenvalue weighted by molar-refractivity contribution is 5.98. The number of carbonyl (C=O) groups excluding carboxylic acids is 3. The van der Waals surface area contributed by atoms with Crippen molar-refractivity contribution in [3.8, 4) is 0 Å². The fourth-order valence-electron chi connectivity index (χ4n) is 2.91. The number of hydrogen-bond acceptors (Lipinski definition) is 6. The zero-order chi connectivity index (χ0) is 20.7. The Labute approximate surface area is 164 Å². The van der Waals surface area contributed by atoms with Crippen LogP contribution in [0, 0.1) is 5.92 Å². The molecule has 1 aliphatic heterocycles. The molecular weight excluding hydrogens is 364 g/mol. The minimum absolute atomic E-state index is 0.0699. The van der Waals surface area contributed by atoms with Crippen molar-refractivity contribution < 1.29 is 29.3 Å². The number of ketones is 1. The summed E-state index contributed by atoms with van der Waals surface area (Å²) < 4.78 is 5.10. The quantitative estimate of drug-likeness (QED) is 0.378. The van der Waals surface area contributed by atoms with Gasteiger partial charge in [-0.3, -0.25) is 14.4 Å². The number of hydrogen-bond donors (Lipinski definition) is 4. The first-order valence-corrected chi connectivity index (χ1v) is 9.35. The van der Waals surface area contributed by atoms with Gasteiger partial charge in [0.2, 0.25) is 11.8 Å². The second-order valence-electron chi connectivity index (χ2n) is 7.46. The summed E-state index contributed by atoms with van der Waals surface area (Å²) in [6.45, 7) is 2.86. The second kappa shape index (κ2) is 9.77. The van der Waals surface area contributed by atoms with E-state index in [9.17, 15) is 24.6 Å². The highest BCUT2D eigenvalue weighted by Gasteiger charge is 2.54. The number of amides is 2. The molecule has 1 aromatic carbocycles. The van der Waals surface area contributed by atoms with Crippen LogP contribution in [0.3, 0.4) is 0 Å². The topological polar surface area (TPSA) is 128 Å². The molecule has 28 heavy (non-hydrogen) atoms. The second-order valence-corrected chi connectivity index (χ2v) is 7.46. The van der Waals surface area contributed by atoms with E-state index in [1.54, 1.807) is 24.3 Å². The van der Waals surface area contributed by atoms with Gasteiger partial charge in [0, 0.05) is 0 Å². The van der Waals surface area contributed by atoms with E-state index in [4.69, 9.17) is 4.74 Å². The molecule has 0 bridgehead atoms. The molecule has 2 rings (SSSR count). The molecule has 1 fully saturated rings. The third kappa shape index (κ3) is 5.85. The van der Waals surface area contributed by atoms with Crippen molar-refractivity contribution in [2.75, 3.05) is 19.8 Å². The maximum atomic E-state index is 12.7. The largest absolute Gasteiger partial charge is 0.394 e. The van der Waals surface area contributed by atoms with Gasteiger partial charge in [0.1, 0.15) is 6.04 Å². The molecule has 1 heterocycles. The number of aliphatic hydroxyl groups is 2. The lowest BCUT2D eigenvalue weighted by Crippen LogP contribution is -2.55. The van der Waals surface area contributed by atoms with E-state index in [0.717, 1.165) is 5.56 Å². The van der Waals surface area contributed by atoms with Crippen molar-refractivity contribution >= 4 is 17.6 Å². The normalized spacial score (nSPS) is 20.3. The molecule has 154 valence electrons. The molecule has 2 amide bonds. The smallest absolute Gasteiger partial charge is 0.245 e. The Morgan fingerprint density at radius 3 is 2.25 bits per heavy atom. The standard InChI is InChI=1S/C20H28N2O6/c1-13(2)8-15(18(26)20(11-24)12-28-20)22-19(27)16(10-23)21-17(25)9-14-6-4-3-5-7-14/h3-7,13,15-16,23-24H,8-12H2,1-2H3,(H,21,25)(H,22,27)/t15?,16-,20?/m0/s1. The Hall–Kier alpha value is -2.29.